The van der Waals surface area contributed by atoms with Crippen LogP contribution in [0.4, 0.5) is 8.78 Å². The first-order valence-corrected chi connectivity index (χ1v) is 7.67. The van der Waals surface area contributed by atoms with Gasteiger partial charge in [0, 0.05) is 28.2 Å². The van der Waals surface area contributed by atoms with Gasteiger partial charge in [0.1, 0.15) is 16.1 Å². The van der Waals surface area contributed by atoms with Gasteiger partial charge in [0.05, 0.1) is 5.71 Å². The molecular formula is C15H18F2N2OS. The Hall–Kier alpha value is -1.40. The summed E-state index contributed by atoms with van der Waals surface area (Å²) < 4.78 is 42.0. The molecule has 3 nitrogen and oxygen atoms in total. The second-order valence-electron chi connectivity index (χ2n) is 5.84. The van der Waals surface area contributed by atoms with Gasteiger partial charge in [-0.15, -0.1) is 0 Å². The van der Waals surface area contributed by atoms with Crippen molar-refractivity contribution in [2.45, 2.75) is 38.9 Å². The molecule has 0 spiro atoms. The van der Waals surface area contributed by atoms with E-state index in [0.717, 1.165) is 0 Å². The van der Waals surface area contributed by atoms with Gasteiger partial charge < -0.3 is 9.54 Å². The lowest BCUT2D eigenvalue weighted by Gasteiger charge is -2.19. The third kappa shape index (κ3) is 3.44. The number of alkyl halides is 2. The molecule has 0 bridgehead atoms. The minimum Gasteiger partial charge on any atom is -0.591 e. The largest absolute Gasteiger partial charge is 0.591 e. The van der Waals surface area contributed by atoms with Crippen LogP contribution in [0, 0.1) is 0 Å². The van der Waals surface area contributed by atoms with Gasteiger partial charge in [0.25, 0.3) is 6.43 Å². The number of benzene rings is 1. The SMILES string of the molecule is CC(=N[S@+]([O-])C(C)(C)C)c1cc(C(F)F)c2cc[nH]c2c1. The fourth-order valence-electron chi connectivity index (χ4n) is 1.90. The third-order valence-electron chi connectivity index (χ3n) is 3.10. The number of aromatic amines is 1. The standard InChI is InChI=1S/C15H18F2N2OS/c1-9(19-21(20)15(2,3)4)10-7-12(14(16)17)11-5-6-18-13(11)8-10/h5-8,14,18H,1-4H3/t21-/m1/s1. The number of hydrogen-bond acceptors (Lipinski definition) is 2. The number of hydrogen-bond donors (Lipinski definition) is 1. The van der Waals surface area contributed by atoms with Gasteiger partial charge in [-0.2, -0.15) is 0 Å². The van der Waals surface area contributed by atoms with E-state index in [-0.39, 0.29) is 5.56 Å². The normalized spacial score (nSPS) is 15.0. The van der Waals surface area contributed by atoms with Crippen molar-refractivity contribution in [1.29, 1.82) is 0 Å². The van der Waals surface area contributed by atoms with Gasteiger partial charge in [-0.25, -0.2) is 8.78 Å². The van der Waals surface area contributed by atoms with Crippen LogP contribution in [0.15, 0.2) is 28.8 Å². The second-order valence-corrected chi connectivity index (χ2v) is 7.75. The average molecular weight is 312 g/mol. The molecule has 0 aliphatic rings. The molecule has 6 heteroatoms. The van der Waals surface area contributed by atoms with E-state index in [1.54, 1.807) is 25.3 Å². The van der Waals surface area contributed by atoms with Gasteiger partial charge in [-0.05, 0) is 45.9 Å². The number of nitrogens with zero attached hydrogens (tertiary/aromatic N) is 1. The predicted molar refractivity (Wildman–Crippen MR) is 83.4 cm³/mol. The second kappa shape index (κ2) is 5.77. The highest BCUT2D eigenvalue weighted by Gasteiger charge is 2.27. The molecule has 0 aliphatic heterocycles. The van der Waals surface area contributed by atoms with Crippen LogP contribution in [0.1, 0.15) is 45.2 Å². The maximum Gasteiger partial charge on any atom is 0.264 e. The molecule has 0 fully saturated rings. The molecule has 2 rings (SSSR count). The van der Waals surface area contributed by atoms with E-state index < -0.39 is 22.5 Å². The zero-order valence-corrected chi connectivity index (χ0v) is 13.2. The van der Waals surface area contributed by atoms with Crippen LogP contribution in [0.5, 0.6) is 0 Å². The summed E-state index contributed by atoms with van der Waals surface area (Å²) in [5.74, 6) is 0. The molecule has 1 aromatic carbocycles. The van der Waals surface area contributed by atoms with E-state index in [1.807, 2.05) is 20.8 Å². The highest BCUT2D eigenvalue weighted by Crippen LogP contribution is 2.29. The van der Waals surface area contributed by atoms with Crippen LogP contribution in [0.2, 0.25) is 0 Å². The summed E-state index contributed by atoms with van der Waals surface area (Å²) in [7, 11) is 0. The molecule has 0 amide bonds. The number of nitrogens with one attached hydrogen (secondary N) is 1. The molecule has 1 heterocycles. The Morgan fingerprint density at radius 1 is 1.33 bits per heavy atom. The lowest BCUT2D eigenvalue weighted by molar-refractivity contribution is 0.153. The van der Waals surface area contributed by atoms with Crippen LogP contribution >= 0.6 is 0 Å². The van der Waals surface area contributed by atoms with Gasteiger partial charge in [0.2, 0.25) is 0 Å². The molecule has 21 heavy (non-hydrogen) atoms. The van der Waals surface area contributed by atoms with Gasteiger partial charge in [-0.1, -0.05) is 4.40 Å². The first kappa shape index (κ1) is 16.0. The van der Waals surface area contributed by atoms with Crippen LogP contribution in [-0.4, -0.2) is 20.0 Å². The molecule has 0 saturated heterocycles. The first-order valence-electron chi connectivity index (χ1n) is 6.57. The van der Waals surface area contributed by atoms with Crippen LogP contribution in [0.25, 0.3) is 10.9 Å². The molecular weight excluding hydrogens is 294 g/mol. The molecule has 0 aliphatic carbocycles. The van der Waals surface area contributed by atoms with E-state index >= 15 is 0 Å². The monoisotopic (exact) mass is 312 g/mol. The Morgan fingerprint density at radius 2 is 2.00 bits per heavy atom. The van der Waals surface area contributed by atoms with E-state index in [4.69, 9.17) is 0 Å². The topological polar surface area (TPSA) is 51.2 Å². The highest BCUT2D eigenvalue weighted by molar-refractivity contribution is 7.91. The summed E-state index contributed by atoms with van der Waals surface area (Å²) in [5, 5.41) is 0.499. The maximum absolute atomic E-state index is 13.2. The summed E-state index contributed by atoms with van der Waals surface area (Å²) in [6, 6.07) is 4.79. The Kier molecular flexibility index (Phi) is 4.39. The third-order valence-corrected chi connectivity index (χ3v) is 4.58. The number of halogens is 2. The minimum absolute atomic E-state index is 0.0418. The van der Waals surface area contributed by atoms with Gasteiger partial charge >= 0.3 is 0 Å². The predicted octanol–water partition coefficient (Wildman–Crippen LogP) is 4.38. The van der Waals surface area contributed by atoms with Crippen molar-refractivity contribution in [3.05, 3.63) is 35.5 Å². The molecule has 0 radical (unpaired) electrons. The summed E-state index contributed by atoms with van der Waals surface area (Å²) in [6.45, 7) is 7.14. The Labute approximate surface area is 125 Å². The van der Waals surface area contributed by atoms with E-state index in [2.05, 4.69) is 9.38 Å². The van der Waals surface area contributed by atoms with E-state index in [1.165, 1.54) is 6.07 Å². The van der Waals surface area contributed by atoms with Crippen molar-refractivity contribution in [2.75, 3.05) is 0 Å². The fourth-order valence-corrected chi connectivity index (χ4v) is 2.53. The van der Waals surface area contributed by atoms with Gasteiger partial charge in [-0.3, -0.25) is 0 Å². The van der Waals surface area contributed by atoms with E-state index in [0.29, 0.717) is 22.2 Å². The highest BCUT2D eigenvalue weighted by atomic mass is 32.2. The number of rotatable bonds is 3. The molecule has 1 atom stereocenters. The molecule has 1 aromatic heterocycles. The van der Waals surface area contributed by atoms with Crippen molar-refractivity contribution >= 4 is 28.0 Å². The lowest BCUT2D eigenvalue weighted by atomic mass is 10.0. The smallest absolute Gasteiger partial charge is 0.264 e. The molecule has 114 valence electrons. The number of fused-ring (bicyclic) bond motifs is 1. The van der Waals surface area contributed by atoms with Gasteiger partial charge in [0.15, 0.2) is 0 Å². The number of H-pyrrole nitrogens is 1. The minimum atomic E-state index is -2.57. The first-order chi connectivity index (χ1) is 9.70. The molecule has 0 saturated carbocycles. The Balaban J connectivity index is 2.49. The van der Waals surface area contributed by atoms with Crippen LogP contribution < -0.4 is 0 Å². The zero-order valence-electron chi connectivity index (χ0n) is 12.4. The fraction of sp³-hybridized carbons (Fsp3) is 0.400. The lowest BCUT2D eigenvalue weighted by Crippen LogP contribution is -2.26. The molecule has 0 unspecified atom stereocenters. The summed E-state index contributed by atoms with van der Waals surface area (Å²) in [5.41, 5.74) is 1.62. The van der Waals surface area contributed by atoms with Crippen molar-refractivity contribution < 1.29 is 13.3 Å². The van der Waals surface area contributed by atoms with Crippen LogP contribution in [-0.2, 0) is 11.4 Å². The van der Waals surface area contributed by atoms with Crippen molar-refractivity contribution in [2.24, 2.45) is 4.40 Å². The summed E-state index contributed by atoms with van der Waals surface area (Å²) >= 11 is -1.42. The zero-order chi connectivity index (χ0) is 15.8. The van der Waals surface area contributed by atoms with Crippen molar-refractivity contribution in [3.63, 3.8) is 0 Å². The van der Waals surface area contributed by atoms with Crippen LogP contribution in [0.3, 0.4) is 0 Å². The quantitative estimate of drug-likeness (QED) is 0.664. The van der Waals surface area contributed by atoms with Crippen molar-refractivity contribution in [3.8, 4) is 0 Å². The van der Waals surface area contributed by atoms with Crippen molar-refractivity contribution in [1.82, 2.24) is 4.98 Å². The molecule has 2 aromatic rings. The Bertz CT molecular complexity index is 674. The summed E-state index contributed by atoms with van der Waals surface area (Å²) in [6.07, 6.45) is -0.940. The van der Waals surface area contributed by atoms with E-state index in [9.17, 15) is 13.3 Å². The number of aromatic nitrogens is 1. The maximum atomic E-state index is 13.2. The summed E-state index contributed by atoms with van der Waals surface area (Å²) in [4.78, 5) is 2.93. The average Bonchev–Trinajstić information content (AvgIpc) is 2.83. The Morgan fingerprint density at radius 3 is 2.57 bits per heavy atom. The molecule has 1 N–H and O–H groups in total.